The number of benzene rings is 3. The molecule has 0 atom stereocenters. The van der Waals surface area contributed by atoms with Gasteiger partial charge in [0, 0.05) is 22.5 Å². The number of hydrogen-bond acceptors (Lipinski definition) is 5. The van der Waals surface area contributed by atoms with Crippen molar-refractivity contribution in [1.29, 1.82) is 0 Å². The number of amides is 2. The van der Waals surface area contributed by atoms with Crippen LogP contribution < -0.4 is 10.6 Å². The van der Waals surface area contributed by atoms with E-state index in [2.05, 4.69) is 21.7 Å². The van der Waals surface area contributed by atoms with Crippen LogP contribution in [0.3, 0.4) is 0 Å². The Labute approximate surface area is 182 Å². The van der Waals surface area contributed by atoms with Gasteiger partial charge < -0.3 is 10.6 Å². The monoisotopic (exact) mass is 429 g/mol. The number of thiazole rings is 1. The fraction of sp³-hybridized carbons (Fsp3) is 0.0833. The maximum atomic E-state index is 12.2. The van der Waals surface area contributed by atoms with E-state index >= 15 is 0 Å². The quantitative estimate of drug-likeness (QED) is 0.351. The van der Waals surface area contributed by atoms with Gasteiger partial charge in [0.25, 0.3) is 0 Å². The molecule has 0 fully saturated rings. The number of rotatable bonds is 4. The Kier molecular flexibility index (Phi) is 5.60. The van der Waals surface area contributed by atoms with Crippen LogP contribution in [0.4, 0.5) is 11.4 Å². The third kappa shape index (κ3) is 4.67. The van der Waals surface area contributed by atoms with Gasteiger partial charge in [0.2, 0.25) is 0 Å². The van der Waals surface area contributed by atoms with Crippen LogP contribution in [0.2, 0.25) is 0 Å². The average Bonchev–Trinajstić information content (AvgIpc) is 3.17. The van der Waals surface area contributed by atoms with Crippen molar-refractivity contribution in [3.05, 3.63) is 77.9 Å². The van der Waals surface area contributed by atoms with Crippen LogP contribution in [0.25, 0.3) is 20.8 Å². The number of anilines is 2. The molecule has 0 radical (unpaired) electrons. The second-order valence-corrected chi connectivity index (χ2v) is 8.14. The fourth-order valence-corrected chi connectivity index (χ4v) is 4.11. The van der Waals surface area contributed by atoms with Gasteiger partial charge in [0.05, 0.1) is 10.2 Å². The predicted molar refractivity (Wildman–Crippen MR) is 123 cm³/mol. The first kappa shape index (κ1) is 20.4. The molecule has 4 rings (SSSR count). The van der Waals surface area contributed by atoms with Gasteiger partial charge in [0.15, 0.2) is 5.78 Å². The van der Waals surface area contributed by atoms with Crippen LogP contribution >= 0.6 is 11.3 Å². The molecule has 0 bridgehead atoms. The van der Waals surface area contributed by atoms with E-state index in [0.29, 0.717) is 16.9 Å². The number of aryl methyl sites for hydroxylation is 1. The molecular formula is C24H19N3O3S. The number of hydrogen-bond donors (Lipinski definition) is 2. The van der Waals surface area contributed by atoms with Gasteiger partial charge in [0.1, 0.15) is 5.01 Å². The molecule has 0 saturated heterocycles. The summed E-state index contributed by atoms with van der Waals surface area (Å²) in [5, 5.41) is 5.97. The van der Waals surface area contributed by atoms with E-state index in [1.807, 2.05) is 31.2 Å². The zero-order chi connectivity index (χ0) is 22.0. The molecule has 0 aliphatic heterocycles. The lowest BCUT2D eigenvalue weighted by Gasteiger charge is -2.08. The second kappa shape index (κ2) is 8.49. The van der Waals surface area contributed by atoms with Crippen LogP contribution in [-0.2, 0) is 9.59 Å². The van der Waals surface area contributed by atoms with Crippen LogP contribution in [0.1, 0.15) is 22.8 Å². The number of nitrogens with zero attached hydrogens (tertiary/aromatic N) is 1. The number of carbonyl (C=O) groups is 3. The summed E-state index contributed by atoms with van der Waals surface area (Å²) >= 11 is 1.61. The van der Waals surface area contributed by atoms with E-state index < -0.39 is 11.8 Å². The van der Waals surface area contributed by atoms with Crippen molar-refractivity contribution in [3.63, 3.8) is 0 Å². The molecule has 1 aromatic heterocycles. The Bertz CT molecular complexity index is 1310. The zero-order valence-electron chi connectivity index (χ0n) is 16.9. The molecule has 0 aliphatic rings. The van der Waals surface area contributed by atoms with E-state index in [1.54, 1.807) is 41.7 Å². The molecule has 31 heavy (non-hydrogen) atoms. The van der Waals surface area contributed by atoms with Crippen molar-refractivity contribution in [3.8, 4) is 10.6 Å². The highest BCUT2D eigenvalue weighted by Gasteiger charge is 2.15. The van der Waals surface area contributed by atoms with Crippen LogP contribution in [0, 0.1) is 6.92 Å². The molecule has 2 N–H and O–H groups in total. The average molecular weight is 430 g/mol. The lowest BCUT2D eigenvalue weighted by molar-refractivity contribution is -0.132. The highest BCUT2D eigenvalue weighted by Crippen LogP contribution is 2.31. The first-order chi connectivity index (χ1) is 14.9. The summed E-state index contributed by atoms with van der Waals surface area (Å²) in [4.78, 5) is 40.5. The maximum Gasteiger partial charge on any atom is 0.314 e. The molecule has 154 valence electrons. The summed E-state index contributed by atoms with van der Waals surface area (Å²) in [5.41, 5.74) is 4.41. The molecule has 6 nitrogen and oxygen atoms in total. The third-order valence-corrected chi connectivity index (χ3v) is 5.73. The molecule has 2 amide bonds. The summed E-state index contributed by atoms with van der Waals surface area (Å²) in [5.74, 6) is -1.73. The fourth-order valence-electron chi connectivity index (χ4n) is 3.04. The molecule has 7 heteroatoms. The Hall–Kier alpha value is -3.84. The van der Waals surface area contributed by atoms with Gasteiger partial charge in [-0.05, 0) is 67.9 Å². The molecule has 0 spiro atoms. The zero-order valence-corrected chi connectivity index (χ0v) is 17.7. The first-order valence-electron chi connectivity index (χ1n) is 9.60. The third-order valence-electron chi connectivity index (χ3n) is 4.67. The lowest BCUT2D eigenvalue weighted by Crippen LogP contribution is -2.29. The van der Waals surface area contributed by atoms with Gasteiger partial charge in [-0.25, -0.2) is 4.98 Å². The molecule has 0 saturated carbocycles. The van der Waals surface area contributed by atoms with Crippen molar-refractivity contribution in [2.45, 2.75) is 13.8 Å². The molecule has 0 aliphatic carbocycles. The highest BCUT2D eigenvalue weighted by molar-refractivity contribution is 7.21. The smallest absolute Gasteiger partial charge is 0.314 e. The van der Waals surface area contributed by atoms with Gasteiger partial charge in [-0.1, -0.05) is 18.2 Å². The summed E-state index contributed by atoms with van der Waals surface area (Å²) in [7, 11) is 0. The Balaban J connectivity index is 1.43. The topological polar surface area (TPSA) is 88.2 Å². The standard InChI is InChI=1S/C24H19N3O3S/c1-14-6-11-20-21(12-14)31-24(27-20)16-7-9-18(10-8-16)25-22(29)23(30)26-19-5-3-4-17(13-19)15(2)28/h3-13H,1-2H3,(H,25,29)(H,26,30). The predicted octanol–water partition coefficient (Wildman–Crippen LogP) is 5.05. The van der Waals surface area contributed by atoms with Crippen LogP contribution in [-0.4, -0.2) is 22.6 Å². The van der Waals surface area contributed by atoms with Gasteiger partial charge in [-0.3, -0.25) is 14.4 Å². The van der Waals surface area contributed by atoms with Gasteiger partial charge in [-0.15, -0.1) is 11.3 Å². The summed E-state index contributed by atoms with van der Waals surface area (Å²) in [6.45, 7) is 3.49. The minimum Gasteiger partial charge on any atom is -0.318 e. The van der Waals surface area contributed by atoms with E-state index in [-0.39, 0.29) is 5.78 Å². The van der Waals surface area contributed by atoms with Crippen LogP contribution in [0.5, 0.6) is 0 Å². The molecular weight excluding hydrogens is 410 g/mol. The Morgan fingerprint density at radius 2 is 1.55 bits per heavy atom. The summed E-state index contributed by atoms with van der Waals surface area (Å²) in [6.07, 6.45) is 0. The normalized spacial score (nSPS) is 10.6. The number of Topliss-reactive ketones (excluding diaryl/α,β-unsaturated/α-hetero) is 1. The number of nitrogens with one attached hydrogen (secondary N) is 2. The first-order valence-corrected chi connectivity index (χ1v) is 10.4. The Morgan fingerprint density at radius 1 is 0.839 bits per heavy atom. The summed E-state index contributed by atoms with van der Waals surface area (Å²) in [6, 6.07) is 19.8. The largest absolute Gasteiger partial charge is 0.318 e. The van der Waals surface area contributed by atoms with Crippen molar-refractivity contribution in [2.24, 2.45) is 0 Å². The minimum atomic E-state index is -0.814. The number of ketones is 1. The van der Waals surface area contributed by atoms with Gasteiger partial charge in [-0.2, -0.15) is 0 Å². The van der Waals surface area contributed by atoms with E-state index in [0.717, 1.165) is 20.8 Å². The van der Waals surface area contributed by atoms with Crippen molar-refractivity contribution < 1.29 is 14.4 Å². The summed E-state index contributed by atoms with van der Waals surface area (Å²) < 4.78 is 1.12. The van der Waals surface area contributed by atoms with Crippen molar-refractivity contribution >= 4 is 50.5 Å². The number of aromatic nitrogens is 1. The highest BCUT2D eigenvalue weighted by atomic mass is 32.1. The molecule has 1 heterocycles. The van der Waals surface area contributed by atoms with E-state index in [4.69, 9.17) is 0 Å². The Morgan fingerprint density at radius 3 is 2.26 bits per heavy atom. The van der Waals surface area contributed by atoms with Crippen molar-refractivity contribution in [2.75, 3.05) is 10.6 Å². The number of fused-ring (bicyclic) bond motifs is 1. The SMILES string of the molecule is CC(=O)c1cccc(NC(=O)C(=O)Nc2ccc(-c3nc4ccc(C)cc4s3)cc2)c1. The molecule has 3 aromatic carbocycles. The van der Waals surface area contributed by atoms with Crippen LogP contribution in [0.15, 0.2) is 66.7 Å². The van der Waals surface area contributed by atoms with E-state index in [1.165, 1.54) is 18.6 Å². The van der Waals surface area contributed by atoms with Crippen molar-refractivity contribution in [1.82, 2.24) is 4.98 Å². The molecule has 0 unspecified atom stereocenters. The van der Waals surface area contributed by atoms with E-state index in [9.17, 15) is 14.4 Å². The molecule has 4 aromatic rings. The van der Waals surface area contributed by atoms with Gasteiger partial charge >= 0.3 is 11.8 Å². The second-order valence-electron chi connectivity index (χ2n) is 7.11. The maximum absolute atomic E-state index is 12.2. The minimum absolute atomic E-state index is 0.121. The lowest BCUT2D eigenvalue weighted by atomic mass is 10.1. The number of carbonyl (C=O) groups excluding carboxylic acids is 3.